The average molecular weight is 290 g/mol. The summed E-state index contributed by atoms with van der Waals surface area (Å²) in [6.45, 7) is 10.4. The van der Waals surface area contributed by atoms with Gasteiger partial charge in [0.05, 0.1) is 12.6 Å². The third-order valence-corrected chi connectivity index (χ3v) is 3.71. The summed E-state index contributed by atoms with van der Waals surface area (Å²) in [5.41, 5.74) is 1.92. The molecule has 1 N–H and O–H groups in total. The number of ketones is 1. The van der Waals surface area contributed by atoms with E-state index in [4.69, 9.17) is 4.74 Å². The molecule has 4 heteroatoms. The number of hydrogen-bond acceptors (Lipinski definition) is 4. The van der Waals surface area contributed by atoms with Gasteiger partial charge in [-0.1, -0.05) is 6.92 Å². The molecule has 21 heavy (non-hydrogen) atoms. The predicted octanol–water partition coefficient (Wildman–Crippen LogP) is 2.12. The van der Waals surface area contributed by atoms with Crippen LogP contribution in [-0.2, 0) is 6.42 Å². The van der Waals surface area contributed by atoms with Crippen LogP contribution in [-0.4, -0.2) is 49.5 Å². The topological polar surface area (TPSA) is 41.6 Å². The number of benzene rings is 1. The van der Waals surface area contributed by atoms with Crippen molar-refractivity contribution < 1.29 is 9.53 Å². The average Bonchev–Trinajstić information content (AvgIpc) is 2.47. The minimum atomic E-state index is 0.150. The summed E-state index contributed by atoms with van der Waals surface area (Å²) in [5, 5.41) is 3.31. The maximum absolute atomic E-state index is 12.5. The minimum absolute atomic E-state index is 0.150. The van der Waals surface area contributed by atoms with E-state index in [2.05, 4.69) is 17.1 Å². The van der Waals surface area contributed by atoms with Crippen LogP contribution in [0, 0.1) is 0 Å². The van der Waals surface area contributed by atoms with Crippen molar-refractivity contribution in [3.8, 4) is 5.75 Å². The lowest BCUT2D eigenvalue weighted by Crippen LogP contribution is -2.45. The molecule has 1 aromatic carbocycles. The largest absolute Gasteiger partial charge is 0.491 e. The van der Waals surface area contributed by atoms with Gasteiger partial charge in [0.1, 0.15) is 5.75 Å². The molecule has 1 aliphatic heterocycles. The lowest BCUT2D eigenvalue weighted by Gasteiger charge is -2.26. The Labute approximate surface area is 127 Å². The Balaban J connectivity index is 2.08. The van der Waals surface area contributed by atoms with Gasteiger partial charge >= 0.3 is 0 Å². The third-order valence-electron chi connectivity index (χ3n) is 3.71. The van der Waals surface area contributed by atoms with E-state index in [1.165, 1.54) is 0 Å². The second-order valence-corrected chi connectivity index (χ2v) is 5.79. The summed E-state index contributed by atoms with van der Waals surface area (Å²) in [7, 11) is 0. The second-order valence-electron chi connectivity index (χ2n) is 5.79. The van der Waals surface area contributed by atoms with E-state index >= 15 is 0 Å². The van der Waals surface area contributed by atoms with Gasteiger partial charge in [0.15, 0.2) is 5.78 Å². The molecule has 0 saturated carbocycles. The van der Waals surface area contributed by atoms with Crippen LogP contribution in [0.4, 0.5) is 0 Å². The van der Waals surface area contributed by atoms with Gasteiger partial charge in [-0.2, -0.15) is 0 Å². The monoisotopic (exact) mass is 290 g/mol. The number of nitrogens with zero attached hydrogens (tertiary/aromatic N) is 1. The maximum atomic E-state index is 12.5. The number of hydrogen-bond donors (Lipinski definition) is 1. The van der Waals surface area contributed by atoms with Crippen LogP contribution in [0.5, 0.6) is 5.75 Å². The molecule has 4 nitrogen and oxygen atoms in total. The first-order valence-corrected chi connectivity index (χ1v) is 7.86. The molecule has 0 aromatic heterocycles. The van der Waals surface area contributed by atoms with E-state index in [0.717, 1.165) is 49.5 Å². The fraction of sp³-hybridized carbons (Fsp3) is 0.588. The van der Waals surface area contributed by atoms with Gasteiger partial charge in [-0.15, -0.1) is 0 Å². The Hall–Kier alpha value is -1.39. The number of nitrogens with one attached hydrogen (secondary N) is 1. The first-order valence-electron chi connectivity index (χ1n) is 7.86. The van der Waals surface area contributed by atoms with Crippen molar-refractivity contribution in [1.82, 2.24) is 10.2 Å². The van der Waals surface area contributed by atoms with Crippen molar-refractivity contribution in [2.45, 2.75) is 33.3 Å². The van der Waals surface area contributed by atoms with Crippen LogP contribution in [0.3, 0.4) is 0 Å². The molecule has 0 atom stereocenters. The van der Waals surface area contributed by atoms with Crippen LogP contribution < -0.4 is 10.1 Å². The van der Waals surface area contributed by atoms with Gasteiger partial charge in [-0.3, -0.25) is 9.69 Å². The smallest absolute Gasteiger partial charge is 0.177 e. The summed E-state index contributed by atoms with van der Waals surface area (Å²) < 4.78 is 5.71. The highest BCUT2D eigenvalue weighted by molar-refractivity contribution is 5.99. The van der Waals surface area contributed by atoms with E-state index in [9.17, 15) is 4.79 Å². The predicted molar refractivity (Wildman–Crippen MR) is 85.2 cm³/mol. The quantitative estimate of drug-likeness (QED) is 0.815. The molecule has 1 fully saturated rings. The van der Waals surface area contributed by atoms with Gasteiger partial charge in [-0.05, 0) is 44.0 Å². The molecule has 1 aromatic rings. The normalized spacial score (nSPS) is 16.2. The molecule has 0 bridgehead atoms. The maximum Gasteiger partial charge on any atom is 0.177 e. The zero-order valence-electron chi connectivity index (χ0n) is 13.3. The zero-order chi connectivity index (χ0) is 15.2. The molecular formula is C17H26N2O2. The number of carbonyl (C=O) groups excluding carboxylic acids is 1. The minimum Gasteiger partial charge on any atom is -0.491 e. The highest BCUT2D eigenvalue weighted by Gasteiger charge is 2.17. The lowest BCUT2D eigenvalue weighted by atomic mass is 10.0. The van der Waals surface area contributed by atoms with Crippen LogP contribution in [0.1, 0.15) is 36.7 Å². The number of ether oxygens (including phenoxy) is 1. The highest BCUT2D eigenvalue weighted by atomic mass is 16.5. The fourth-order valence-corrected chi connectivity index (χ4v) is 2.64. The number of carbonyl (C=O) groups is 1. The molecule has 0 amide bonds. The molecule has 2 rings (SSSR count). The SMILES string of the molecule is CCc1cc(OC(C)C)ccc1C(=O)CN1CCNCC1. The van der Waals surface area contributed by atoms with E-state index in [0.29, 0.717) is 6.54 Å². The van der Waals surface area contributed by atoms with Gasteiger partial charge in [0, 0.05) is 31.7 Å². The molecule has 0 spiro atoms. The van der Waals surface area contributed by atoms with Crippen molar-refractivity contribution in [3.05, 3.63) is 29.3 Å². The van der Waals surface area contributed by atoms with Crippen LogP contribution in [0.15, 0.2) is 18.2 Å². The number of Topliss-reactive ketones (excluding diaryl/α,β-unsaturated/α-hetero) is 1. The molecule has 0 unspecified atom stereocenters. The van der Waals surface area contributed by atoms with Crippen molar-refractivity contribution in [1.29, 1.82) is 0 Å². The first kappa shape index (κ1) is 16.0. The zero-order valence-corrected chi connectivity index (χ0v) is 13.3. The standard InChI is InChI=1S/C17H26N2O2/c1-4-14-11-15(21-13(2)3)5-6-16(14)17(20)12-19-9-7-18-8-10-19/h5-6,11,13,18H,4,7-10,12H2,1-3H3. The lowest BCUT2D eigenvalue weighted by molar-refractivity contribution is 0.0920. The summed E-state index contributed by atoms with van der Waals surface area (Å²) >= 11 is 0. The summed E-state index contributed by atoms with van der Waals surface area (Å²) in [6.07, 6.45) is 0.995. The second kappa shape index (κ2) is 7.57. The molecule has 1 saturated heterocycles. The Morgan fingerprint density at radius 3 is 2.67 bits per heavy atom. The molecule has 116 valence electrons. The highest BCUT2D eigenvalue weighted by Crippen LogP contribution is 2.20. The molecule has 1 heterocycles. The first-order chi connectivity index (χ1) is 10.1. The van der Waals surface area contributed by atoms with E-state index < -0.39 is 0 Å². The third kappa shape index (κ3) is 4.55. The van der Waals surface area contributed by atoms with Crippen molar-refractivity contribution >= 4 is 5.78 Å². The number of aryl methyl sites for hydroxylation is 1. The van der Waals surface area contributed by atoms with Crippen molar-refractivity contribution in [2.75, 3.05) is 32.7 Å². The van der Waals surface area contributed by atoms with Gasteiger partial charge < -0.3 is 10.1 Å². The van der Waals surface area contributed by atoms with Crippen LogP contribution >= 0.6 is 0 Å². The van der Waals surface area contributed by atoms with E-state index in [1.807, 2.05) is 32.0 Å². The van der Waals surface area contributed by atoms with Crippen LogP contribution in [0.25, 0.3) is 0 Å². The molecule has 0 aliphatic carbocycles. The molecule has 0 radical (unpaired) electrons. The Morgan fingerprint density at radius 2 is 2.05 bits per heavy atom. The molecular weight excluding hydrogens is 264 g/mol. The van der Waals surface area contributed by atoms with Crippen molar-refractivity contribution in [2.24, 2.45) is 0 Å². The number of rotatable bonds is 6. The van der Waals surface area contributed by atoms with Crippen molar-refractivity contribution in [3.63, 3.8) is 0 Å². The summed E-state index contributed by atoms with van der Waals surface area (Å²) in [5.74, 6) is 1.06. The summed E-state index contributed by atoms with van der Waals surface area (Å²) in [4.78, 5) is 14.7. The molecule has 1 aliphatic rings. The van der Waals surface area contributed by atoms with E-state index in [-0.39, 0.29) is 11.9 Å². The fourth-order valence-electron chi connectivity index (χ4n) is 2.64. The Morgan fingerprint density at radius 1 is 1.33 bits per heavy atom. The van der Waals surface area contributed by atoms with Crippen LogP contribution in [0.2, 0.25) is 0 Å². The Bertz CT molecular complexity index is 480. The van der Waals surface area contributed by atoms with Gasteiger partial charge in [0.2, 0.25) is 0 Å². The number of piperazine rings is 1. The summed E-state index contributed by atoms with van der Waals surface area (Å²) in [6, 6.07) is 5.83. The van der Waals surface area contributed by atoms with Gasteiger partial charge in [-0.25, -0.2) is 0 Å². The van der Waals surface area contributed by atoms with E-state index in [1.54, 1.807) is 0 Å². The van der Waals surface area contributed by atoms with Gasteiger partial charge in [0.25, 0.3) is 0 Å². The Kier molecular flexibility index (Phi) is 5.76.